The molecule has 0 radical (unpaired) electrons. The van der Waals surface area contributed by atoms with Crippen LogP contribution in [0.4, 0.5) is 0 Å². The molecule has 5 heteroatoms. The molecular formula is C20H23N3O2. The minimum atomic E-state index is -0.181. The number of carbonyl (C=O) groups is 1. The van der Waals surface area contributed by atoms with E-state index in [1.54, 1.807) is 19.6 Å². The van der Waals surface area contributed by atoms with E-state index in [1.807, 2.05) is 48.0 Å². The van der Waals surface area contributed by atoms with Gasteiger partial charge in [0.25, 0.3) is 0 Å². The van der Waals surface area contributed by atoms with Gasteiger partial charge in [-0.2, -0.15) is 0 Å². The van der Waals surface area contributed by atoms with Gasteiger partial charge in [0.15, 0.2) is 0 Å². The molecule has 3 aromatic rings. The Balaban J connectivity index is 1.58. The number of benzene rings is 2. The minimum absolute atomic E-state index is 0.0542. The zero-order chi connectivity index (χ0) is 17.6. The number of fused-ring (bicyclic) bond motifs is 1. The molecule has 3 rings (SSSR count). The third-order valence-corrected chi connectivity index (χ3v) is 4.42. The molecular weight excluding hydrogens is 314 g/mol. The highest BCUT2D eigenvalue weighted by molar-refractivity contribution is 5.88. The van der Waals surface area contributed by atoms with E-state index in [9.17, 15) is 4.79 Å². The van der Waals surface area contributed by atoms with Crippen LogP contribution in [-0.4, -0.2) is 29.1 Å². The molecule has 0 bridgehead atoms. The first-order valence-electron chi connectivity index (χ1n) is 8.48. The first-order valence-corrected chi connectivity index (χ1v) is 8.48. The predicted molar refractivity (Wildman–Crippen MR) is 98.8 cm³/mol. The highest BCUT2D eigenvalue weighted by Gasteiger charge is 2.15. The number of hydrogen-bond donors (Lipinski definition) is 1. The van der Waals surface area contributed by atoms with Gasteiger partial charge in [-0.3, -0.25) is 4.79 Å². The zero-order valence-corrected chi connectivity index (χ0v) is 14.6. The summed E-state index contributed by atoms with van der Waals surface area (Å²) in [6, 6.07) is 12.1. The van der Waals surface area contributed by atoms with Gasteiger partial charge in [0.05, 0.1) is 19.4 Å². The summed E-state index contributed by atoms with van der Waals surface area (Å²) < 4.78 is 7.26. The van der Waals surface area contributed by atoms with Gasteiger partial charge in [-0.15, -0.1) is 0 Å². The number of nitrogens with one attached hydrogen (secondary N) is 1. The van der Waals surface area contributed by atoms with E-state index in [1.165, 1.54) is 0 Å². The molecule has 2 aromatic carbocycles. The fourth-order valence-corrected chi connectivity index (χ4v) is 2.84. The number of carbonyl (C=O) groups excluding carboxylic acids is 1. The monoisotopic (exact) mass is 337 g/mol. The minimum Gasteiger partial charge on any atom is -0.497 e. The second kappa shape index (κ2) is 7.83. The van der Waals surface area contributed by atoms with Crippen LogP contribution in [0.3, 0.4) is 0 Å². The largest absolute Gasteiger partial charge is 0.497 e. The molecule has 1 amide bonds. The number of methoxy groups -OCH3 is 1. The second-order valence-corrected chi connectivity index (χ2v) is 6.14. The van der Waals surface area contributed by atoms with Crippen molar-refractivity contribution in [3.8, 4) is 5.75 Å². The average molecular weight is 337 g/mol. The van der Waals surface area contributed by atoms with Crippen LogP contribution in [0, 0.1) is 0 Å². The van der Waals surface area contributed by atoms with Crippen molar-refractivity contribution < 1.29 is 9.53 Å². The standard InChI is InChI=1S/C20H23N3O2/c1-15(20(24)22-8-3-10-23-11-9-21-14-23)16-4-5-18-13-19(25-2)7-6-17(18)12-16/h4-7,9,11-15H,3,8,10H2,1-2H3,(H,22,24)/t15-/m0/s1. The Labute approximate surface area is 147 Å². The van der Waals surface area contributed by atoms with Crippen LogP contribution in [0.15, 0.2) is 55.1 Å². The first kappa shape index (κ1) is 17.0. The molecule has 25 heavy (non-hydrogen) atoms. The van der Waals surface area contributed by atoms with Crippen molar-refractivity contribution in [3.63, 3.8) is 0 Å². The van der Waals surface area contributed by atoms with E-state index in [4.69, 9.17) is 4.74 Å². The molecule has 0 saturated carbocycles. The van der Waals surface area contributed by atoms with E-state index >= 15 is 0 Å². The number of nitrogens with zero attached hydrogens (tertiary/aromatic N) is 2. The van der Waals surface area contributed by atoms with Gasteiger partial charge in [0.1, 0.15) is 5.75 Å². The Morgan fingerprint density at radius 3 is 2.80 bits per heavy atom. The summed E-state index contributed by atoms with van der Waals surface area (Å²) in [5.41, 5.74) is 1.02. The van der Waals surface area contributed by atoms with Crippen LogP contribution in [-0.2, 0) is 11.3 Å². The molecule has 130 valence electrons. The Bertz CT molecular complexity index is 843. The van der Waals surface area contributed by atoms with Crippen molar-refractivity contribution in [1.29, 1.82) is 0 Å². The van der Waals surface area contributed by atoms with Gasteiger partial charge < -0.3 is 14.6 Å². The normalized spacial score (nSPS) is 12.1. The van der Waals surface area contributed by atoms with E-state index in [0.717, 1.165) is 35.1 Å². The van der Waals surface area contributed by atoms with E-state index in [-0.39, 0.29) is 11.8 Å². The fraction of sp³-hybridized carbons (Fsp3) is 0.300. The predicted octanol–water partition coefficient (Wildman–Crippen LogP) is 3.35. The van der Waals surface area contributed by atoms with Crippen LogP contribution in [0.2, 0.25) is 0 Å². The van der Waals surface area contributed by atoms with Crippen molar-refractivity contribution in [1.82, 2.24) is 14.9 Å². The molecule has 0 saturated heterocycles. The average Bonchev–Trinajstić information content (AvgIpc) is 3.17. The summed E-state index contributed by atoms with van der Waals surface area (Å²) in [5, 5.41) is 5.23. The summed E-state index contributed by atoms with van der Waals surface area (Å²) in [7, 11) is 1.66. The number of hydrogen-bond acceptors (Lipinski definition) is 3. The molecule has 5 nitrogen and oxygen atoms in total. The van der Waals surface area contributed by atoms with Crippen molar-refractivity contribution in [2.24, 2.45) is 0 Å². The van der Waals surface area contributed by atoms with Gasteiger partial charge >= 0.3 is 0 Å². The number of aromatic nitrogens is 2. The molecule has 1 aromatic heterocycles. The summed E-state index contributed by atoms with van der Waals surface area (Å²) in [6.45, 7) is 3.45. The topological polar surface area (TPSA) is 56.1 Å². The fourth-order valence-electron chi connectivity index (χ4n) is 2.84. The zero-order valence-electron chi connectivity index (χ0n) is 14.6. The maximum Gasteiger partial charge on any atom is 0.227 e. The Morgan fingerprint density at radius 1 is 1.24 bits per heavy atom. The number of amides is 1. The number of imidazole rings is 1. The quantitative estimate of drug-likeness (QED) is 0.673. The Kier molecular flexibility index (Phi) is 5.33. The molecule has 0 spiro atoms. The highest BCUT2D eigenvalue weighted by Crippen LogP contribution is 2.25. The molecule has 1 atom stereocenters. The van der Waals surface area contributed by atoms with Crippen molar-refractivity contribution >= 4 is 16.7 Å². The van der Waals surface area contributed by atoms with Crippen LogP contribution in [0.5, 0.6) is 5.75 Å². The summed E-state index contributed by atoms with van der Waals surface area (Å²) in [6.07, 6.45) is 6.35. The van der Waals surface area contributed by atoms with E-state index in [0.29, 0.717) is 6.54 Å². The lowest BCUT2D eigenvalue weighted by Gasteiger charge is -2.14. The van der Waals surface area contributed by atoms with Crippen LogP contribution >= 0.6 is 0 Å². The summed E-state index contributed by atoms with van der Waals surface area (Å²) >= 11 is 0. The second-order valence-electron chi connectivity index (χ2n) is 6.14. The van der Waals surface area contributed by atoms with E-state index < -0.39 is 0 Å². The number of aryl methyl sites for hydroxylation is 1. The van der Waals surface area contributed by atoms with Crippen molar-refractivity contribution in [2.45, 2.75) is 25.8 Å². The van der Waals surface area contributed by atoms with Gasteiger partial charge in [0, 0.05) is 25.5 Å². The third kappa shape index (κ3) is 4.18. The molecule has 0 fully saturated rings. The maximum absolute atomic E-state index is 12.4. The summed E-state index contributed by atoms with van der Waals surface area (Å²) in [5.74, 6) is 0.710. The van der Waals surface area contributed by atoms with Gasteiger partial charge in [-0.1, -0.05) is 24.3 Å². The molecule has 1 heterocycles. The highest BCUT2D eigenvalue weighted by atomic mass is 16.5. The molecule has 1 N–H and O–H groups in total. The molecule has 0 unspecified atom stereocenters. The maximum atomic E-state index is 12.4. The lowest BCUT2D eigenvalue weighted by atomic mass is 9.97. The third-order valence-electron chi connectivity index (χ3n) is 4.42. The number of ether oxygens (including phenoxy) is 1. The molecule has 0 aliphatic heterocycles. The van der Waals surface area contributed by atoms with Crippen LogP contribution in [0.1, 0.15) is 24.8 Å². The summed E-state index contributed by atoms with van der Waals surface area (Å²) in [4.78, 5) is 16.4. The first-order chi connectivity index (χ1) is 12.2. The smallest absolute Gasteiger partial charge is 0.227 e. The van der Waals surface area contributed by atoms with Gasteiger partial charge in [0.2, 0.25) is 5.91 Å². The molecule has 0 aliphatic carbocycles. The van der Waals surface area contributed by atoms with Gasteiger partial charge in [-0.25, -0.2) is 4.98 Å². The van der Waals surface area contributed by atoms with Crippen molar-refractivity contribution in [2.75, 3.05) is 13.7 Å². The van der Waals surface area contributed by atoms with Gasteiger partial charge in [-0.05, 0) is 41.8 Å². The van der Waals surface area contributed by atoms with Crippen molar-refractivity contribution in [3.05, 3.63) is 60.7 Å². The molecule has 0 aliphatic rings. The lowest BCUT2D eigenvalue weighted by molar-refractivity contribution is -0.122. The number of rotatable bonds is 7. The lowest BCUT2D eigenvalue weighted by Crippen LogP contribution is -2.29. The van der Waals surface area contributed by atoms with E-state index in [2.05, 4.69) is 16.4 Å². The SMILES string of the molecule is COc1ccc2cc([C@H](C)C(=O)NCCCn3ccnc3)ccc2c1. The Morgan fingerprint density at radius 2 is 2.04 bits per heavy atom. The van der Waals surface area contributed by atoms with Crippen LogP contribution in [0.25, 0.3) is 10.8 Å². The Hall–Kier alpha value is -2.82. The van der Waals surface area contributed by atoms with Crippen LogP contribution < -0.4 is 10.1 Å².